The van der Waals surface area contributed by atoms with Gasteiger partial charge in [-0.05, 0) is 56.8 Å². The zero-order valence-electron chi connectivity index (χ0n) is 16.8. The highest BCUT2D eigenvalue weighted by molar-refractivity contribution is 5.47. The summed E-state index contributed by atoms with van der Waals surface area (Å²) in [4.78, 5) is 2.79. The van der Waals surface area contributed by atoms with Crippen molar-refractivity contribution in [2.45, 2.75) is 82.6 Å². The molecule has 3 nitrogen and oxygen atoms in total. The Hall–Kier alpha value is -1.22. The van der Waals surface area contributed by atoms with Crippen molar-refractivity contribution < 1.29 is 9.47 Å². The van der Waals surface area contributed by atoms with Gasteiger partial charge in [-0.15, -0.1) is 0 Å². The van der Waals surface area contributed by atoms with E-state index in [4.69, 9.17) is 9.47 Å². The summed E-state index contributed by atoms with van der Waals surface area (Å²) in [6, 6.07) is 6.99. The lowest BCUT2D eigenvalue weighted by molar-refractivity contribution is 0.130. The Bertz CT molecular complexity index is 505. The minimum Gasteiger partial charge on any atom is -0.496 e. The van der Waals surface area contributed by atoms with Crippen molar-refractivity contribution in [3.05, 3.63) is 23.8 Å². The van der Waals surface area contributed by atoms with Crippen molar-refractivity contribution in [3.63, 3.8) is 0 Å². The van der Waals surface area contributed by atoms with Crippen molar-refractivity contribution in [1.29, 1.82) is 0 Å². The number of benzene rings is 1. The quantitative estimate of drug-likeness (QED) is 0.680. The van der Waals surface area contributed by atoms with E-state index in [2.05, 4.69) is 17.0 Å². The number of hydrogen-bond acceptors (Lipinski definition) is 3. The van der Waals surface area contributed by atoms with E-state index in [9.17, 15) is 0 Å². The summed E-state index contributed by atoms with van der Waals surface area (Å²) in [6.07, 6.45) is 15.3. The minimum atomic E-state index is 0.553. The van der Waals surface area contributed by atoms with Gasteiger partial charge in [-0.1, -0.05) is 51.0 Å². The van der Waals surface area contributed by atoms with Crippen LogP contribution in [0.25, 0.3) is 0 Å². The van der Waals surface area contributed by atoms with Gasteiger partial charge in [0.05, 0.1) is 14.2 Å². The molecule has 0 N–H and O–H groups in total. The van der Waals surface area contributed by atoms with Crippen LogP contribution in [0.15, 0.2) is 18.2 Å². The van der Waals surface area contributed by atoms with Crippen molar-refractivity contribution in [3.8, 4) is 11.5 Å². The summed E-state index contributed by atoms with van der Waals surface area (Å²) in [7, 11) is 3.54. The highest BCUT2D eigenvalue weighted by atomic mass is 16.5. The van der Waals surface area contributed by atoms with Gasteiger partial charge in [-0.3, -0.25) is 0 Å². The number of hydrogen-bond donors (Lipinski definition) is 0. The molecule has 26 heavy (non-hydrogen) atoms. The van der Waals surface area contributed by atoms with Gasteiger partial charge >= 0.3 is 0 Å². The number of rotatable bonds is 4. The summed E-state index contributed by atoms with van der Waals surface area (Å²) in [5.74, 6) is 2.53. The summed E-state index contributed by atoms with van der Waals surface area (Å²) in [5.41, 5.74) is 1.28. The molecule has 3 heteroatoms. The fourth-order valence-electron chi connectivity index (χ4n) is 4.99. The molecule has 3 rings (SSSR count). The monoisotopic (exact) mass is 359 g/mol. The fourth-order valence-corrected chi connectivity index (χ4v) is 4.99. The van der Waals surface area contributed by atoms with Crippen LogP contribution in [0.4, 0.5) is 0 Å². The number of likely N-dealkylation sites (tertiary alicyclic amines) is 1. The largest absolute Gasteiger partial charge is 0.496 e. The van der Waals surface area contributed by atoms with Crippen LogP contribution in [0.5, 0.6) is 11.5 Å². The van der Waals surface area contributed by atoms with E-state index >= 15 is 0 Å². The van der Waals surface area contributed by atoms with Crippen LogP contribution < -0.4 is 9.47 Å². The number of methoxy groups -OCH3 is 2. The van der Waals surface area contributed by atoms with E-state index in [0.717, 1.165) is 17.5 Å². The summed E-state index contributed by atoms with van der Waals surface area (Å²) >= 11 is 0. The van der Waals surface area contributed by atoms with Gasteiger partial charge in [0.25, 0.3) is 0 Å². The summed E-state index contributed by atoms with van der Waals surface area (Å²) in [6.45, 7) is 2.44. The highest BCUT2D eigenvalue weighted by Crippen LogP contribution is 2.41. The second-order valence-corrected chi connectivity index (χ2v) is 8.09. The predicted octanol–water partition coefficient (Wildman–Crippen LogP) is 5.78. The zero-order chi connectivity index (χ0) is 18.2. The van der Waals surface area contributed by atoms with Crippen LogP contribution in [0.1, 0.15) is 82.1 Å². The maximum Gasteiger partial charge on any atom is 0.126 e. The van der Waals surface area contributed by atoms with Gasteiger partial charge in [-0.2, -0.15) is 0 Å². The molecule has 1 aliphatic heterocycles. The first-order valence-corrected chi connectivity index (χ1v) is 10.8. The Balaban J connectivity index is 1.61. The molecule has 1 heterocycles. The van der Waals surface area contributed by atoms with Crippen molar-refractivity contribution in [2.75, 3.05) is 27.3 Å². The molecule has 0 aromatic heterocycles. The molecule has 146 valence electrons. The normalized spacial score (nSPS) is 22.1. The van der Waals surface area contributed by atoms with Gasteiger partial charge in [0, 0.05) is 11.6 Å². The van der Waals surface area contributed by atoms with E-state index in [1.165, 1.54) is 89.3 Å². The lowest BCUT2D eigenvalue weighted by Gasteiger charge is -2.38. The summed E-state index contributed by atoms with van der Waals surface area (Å²) in [5, 5.41) is 0. The van der Waals surface area contributed by atoms with Crippen molar-refractivity contribution >= 4 is 0 Å². The van der Waals surface area contributed by atoms with Crippen molar-refractivity contribution in [2.24, 2.45) is 0 Å². The molecule has 2 fully saturated rings. The maximum absolute atomic E-state index is 5.65. The molecule has 2 aliphatic rings. The van der Waals surface area contributed by atoms with Gasteiger partial charge in [0.15, 0.2) is 0 Å². The Morgan fingerprint density at radius 2 is 1.23 bits per heavy atom. The van der Waals surface area contributed by atoms with Crippen LogP contribution in [0.2, 0.25) is 0 Å². The third kappa shape index (κ3) is 4.94. The predicted molar refractivity (Wildman–Crippen MR) is 108 cm³/mol. The molecular weight excluding hydrogens is 322 g/mol. The Morgan fingerprint density at radius 3 is 1.73 bits per heavy atom. The van der Waals surface area contributed by atoms with Crippen LogP contribution >= 0.6 is 0 Å². The molecule has 1 aromatic rings. The average Bonchev–Trinajstić information content (AvgIpc) is 2.71. The molecular formula is C23H37NO2. The van der Waals surface area contributed by atoms with Crippen LogP contribution in [-0.2, 0) is 0 Å². The molecule has 0 unspecified atom stereocenters. The van der Waals surface area contributed by atoms with Gasteiger partial charge in [0.1, 0.15) is 11.5 Å². The molecule has 0 atom stereocenters. The number of nitrogens with zero attached hydrogens (tertiary/aromatic N) is 1. The van der Waals surface area contributed by atoms with E-state index in [-0.39, 0.29) is 0 Å². The number of ether oxygens (including phenoxy) is 2. The second kappa shape index (κ2) is 10.2. The SMILES string of the molecule is COc1cccc(OC)c1C1CCN(C2CCCCCCCCC2)CC1. The van der Waals surface area contributed by atoms with E-state index < -0.39 is 0 Å². The minimum absolute atomic E-state index is 0.553. The molecule has 1 aliphatic carbocycles. The van der Waals surface area contributed by atoms with Crippen molar-refractivity contribution in [1.82, 2.24) is 4.90 Å². The highest BCUT2D eigenvalue weighted by Gasteiger charge is 2.29. The molecule has 0 bridgehead atoms. The third-order valence-electron chi connectivity index (χ3n) is 6.49. The molecule has 1 saturated heterocycles. The molecule has 0 spiro atoms. The Morgan fingerprint density at radius 1 is 0.731 bits per heavy atom. The Labute approximate surface area is 160 Å². The smallest absolute Gasteiger partial charge is 0.126 e. The zero-order valence-corrected chi connectivity index (χ0v) is 16.8. The third-order valence-corrected chi connectivity index (χ3v) is 6.49. The first-order valence-electron chi connectivity index (χ1n) is 10.8. The van der Waals surface area contributed by atoms with Crippen LogP contribution in [0, 0.1) is 0 Å². The first kappa shape index (κ1) is 19.5. The first-order chi connectivity index (χ1) is 12.8. The average molecular weight is 360 g/mol. The standard InChI is InChI=1S/C23H37NO2/c1-25-21-13-10-14-22(26-2)23(21)19-15-17-24(18-16-19)20-11-8-6-4-3-5-7-9-12-20/h10,13-14,19-20H,3-9,11-12,15-18H2,1-2H3. The maximum atomic E-state index is 5.65. The van der Waals surface area contributed by atoms with E-state index in [1.807, 2.05) is 6.07 Å². The molecule has 0 radical (unpaired) electrons. The lowest BCUT2D eigenvalue weighted by Crippen LogP contribution is -2.41. The van der Waals surface area contributed by atoms with E-state index in [0.29, 0.717) is 5.92 Å². The van der Waals surface area contributed by atoms with Crippen LogP contribution in [0.3, 0.4) is 0 Å². The molecule has 1 aromatic carbocycles. The van der Waals surface area contributed by atoms with Crippen LogP contribution in [-0.4, -0.2) is 38.3 Å². The van der Waals surface area contributed by atoms with E-state index in [1.54, 1.807) is 14.2 Å². The second-order valence-electron chi connectivity index (χ2n) is 8.09. The summed E-state index contributed by atoms with van der Waals surface area (Å²) < 4.78 is 11.3. The topological polar surface area (TPSA) is 21.7 Å². The Kier molecular flexibility index (Phi) is 7.67. The van der Waals surface area contributed by atoms with Gasteiger partial charge < -0.3 is 14.4 Å². The lowest BCUT2D eigenvalue weighted by atomic mass is 9.86. The fraction of sp³-hybridized carbons (Fsp3) is 0.739. The van der Waals surface area contributed by atoms with Gasteiger partial charge in [0.2, 0.25) is 0 Å². The number of piperidine rings is 1. The molecule has 1 saturated carbocycles. The molecule has 0 amide bonds. The van der Waals surface area contributed by atoms with Gasteiger partial charge in [-0.25, -0.2) is 0 Å².